The topological polar surface area (TPSA) is 506 Å². The van der Waals surface area contributed by atoms with Crippen molar-refractivity contribution in [3.63, 3.8) is 0 Å². The molecule has 6 aliphatic rings. The first kappa shape index (κ1) is 55.1. The summed E-state index contributed by atoms with van der Waals surface area (Å²) in [5.74, 6) is 0. The van der Waals surface area contributed by atoms with E-state index in [0.717, 1.165) is 0 Å². The Morgan fingerprint density at radius 1 is 0.224 bits per heavy atom. The summed E-state index contributed by atoms with van der Waals surface area (Å²) in [6.07, 6.45) is -58.5. The average molecular weight is 991 g/mol. The molecule has 0 aromatic heterocycles. The zero-order chi connectivity index (χ0) is 49.3. The molecule has 392 valence electrons. The molecule has 6 heterocycles. The smallest absolute Gasteiger partial charge is 0.187 e. The highest BCUT2D eigenvalue weighted by Gasteiger charge is 2.58. The Kier molecular flexibility index (Phi) is 19.4. The maximum atomic E-state index is 11.5. The van der Waals surface area contributed by atoms with E-state index < -0.39 is 224 Å². The minimum atomic E-state index is -2.26. The van der Waals surface area contributed by atoms with Crippen LogP contribution in [-0.2, 0) is 52.1 Å². The molecule has 0 saturated carbocycles. The van der Waals surface area contributed by atoms with Crippen molar-refractivity contribution in [3.8, 4) is 0 Å². The Morgan fingerprint density at radius 3 is 0.687 bits per heavy atom. The molecule has 20 N–H and O–H groups in total. The van der Waals surface area contributed by atoms with Gasteiger partial charge in [0.1, 0.15) is 146 Å². The van der Waals surface area contributed by atoms with Crippen molar-refractivity contribution in [1.82, 2.24) is 0 Å². The lowest BCUT2D eigenvalue weighted by Crippen LogP contribution is -2.68. The molecule has 0 radical (unpaired) electrons. The van der Waals surface area contributed by atoms with Crippen LogP contribution in [0.1, 0.15) is 0 Å². The second-order valence-corrected chi connectivity index (χ2v) is 16.8. The van der Waals surface area contributed by atoms with Crippen LogP contribution in [0.3, 0.4) is 0 Å². The minimum Gasteiger partial charge on any atom is -0.394 e. The van der Waals surface area contributed by atoms with Crippen molar-refractivity contribution < 1.29 is 154 Å². The van der Waals surface area contributed by atoms with Gasteiger partial charge in [-0.3, -0.25) is 0 Å². The molecule has 6 aliphatic heterocycles. The molecule has 0 aliphatic carbocycles. The SMILES string of the molecule is OC[C@H]1O[C@@H](O[C@@H]2[C@H](O)[C@H](O[C@@H]3[C@H](O)[C@H](O[C@@H]4[C@H](O)[C@H](O[C@@H]5[C@H](O)[C@H](O[C@@H]6[C@H](O)[C@H](O)O[C@H](CO)[C@H]6O)O[C@H](CO)[C@H]5O)O[C@H](CO)[C@H]4O)O[C@H](CO)[C@H]3O)O[C@H](CO)[C@H]2O)[C@@H](O)[C@@H](O)[C@@H]1O. The van der Waals surface area contributed by atoms with Crippen LogP contribution in [0.25, 0.3) is 0 Å². The Bertz CT molecular complexity index is 1510. The second kappa shape index (κ2) is 23.5. The van der Waals surface area contributed by atoms with Crippen LogP contribution in [0.4, 0.5) is 0 Å². The first-order chi connectivity index (χ1) is 31.8. The van der Waals surface area contributed by atoms with E-state index in [9.17, 15) is 102 Å². The molecule has 0 spiro atoms. The van der Waals surface area contributed by atoms with Crippen LogP contribution in [0.5, 0.6) is 0 Å². The summed E-state index contributed by atoms with van der Waals surface area (Å²) in [6, 6.07) is 0. The molecule has 30 atom stereocenters. The Labute approximate surface area is 378 Å². The van der Waals surface area contributed by atoms with E-state index >= 15 is 0 Å². The molecule has 0 unspecified atom stereocenters. The molecule has 31 heteroatoms. The number of aliphatic hydroxyl groups is 20. The van der Waals surface area contributed by atoms with E-state index in [1.807, 2.05) is 0 Å². The van der Waals surface area contributed by atoms with Crippen LogP contribution in [-0.4, -0.2) is 326 Å². The van der Waals surface area contributed by atoms with E-state index in [1.165, 1.54) is 0 Å². The Hall–Kier alpha value is -1.24. The Balaban J connectivity index is 1.18. The van der Waals surface area contributed by atoms with Gasteiger partial charge in [-0.2, -0.15) is 0 Å². The van der Waals surface area contributed by atoms with Crippen molar-refractivity contribution >= 4 is 0 Å². The van der Waals surface area contributed by atoms with E-state index in [2.05, 4.69) is 0 Å². The van der Waals surface area contributed by atoms with Crippen LogP contribution >= 0.6 is 0 Å². The van der Waals surface area contributed by atoms with Crippen molar-refractivity contribution in [1.29, 1.82) is 0 Å². The lowest BCUT2D eigenvalue weighted by molar-refractivity contribution is -0.398. The van der Waals surface area contributed by atoms with E-state index in [0.29, 0.717) is 0 Å². The first-order valence-electron chi connectivity index (χ1n) is 21.1. The summed E-state index contributed by atoms with van der Waals surface area (Å²) in [7, 11) is 0. The van der Waals surface area contributed by atoms with Crippen molar-refractivity contribution in [2.45, 2.75) is 184 Å². The second-order valence-electron chi connectivity index (χ2n) is 16.8. The maximum Gasteiger partial charge on any atom is 0.187 e. The molecule has 67 heavy (non-hydrogen) atoms. The number of hydrogen-bond acceptors (Lipinski definition) is 31. The van der Waals surface area contributed by atoms with E-state index in [4.69, 9.17) is 52.1 Å². The molecule has 0 bridgehead atoms. The lowest BCUT2D eigenvalue weighted by Gasteiger charge is -2.50. The lowest BCUT2D eigenvalue weighted by atomic mass is 9.95. The van der Waals surface area contributed by atoms with Gasteiger partial charge < -0.3 is 154 Å². The molecule has 0 aromatic rings. The summed E-state index contributed by atoms with van der Waals surface area (Å²) in [6.45, 7) is -5.79. The molecular weight excluding hydrogens is 928 g/mol. The largest absolute Gasteiger partial charge is 0.394 e. The molecule has 31 nitrogen and oxygen atoms in total. The molecule has 6 saturated heterocycles. The molecular formula is C36H62O31. The normalized spacial score (nSPS) is 53.4. The monoisotopic (exact) mass is 990 g/mol. The molecule has 0 amide bonds. The number of aliphatic hydroxyl groups excluding tert-OH is 20. The van der Waals surface area contributed by atoms with Gasteiger partial charge in [-0.05, 0) is 0 Å². The summed E-state index contributed by atoms with van der Waals surface area (Å²) in [5, 5.41) is 211. The summed E-state index contributed by atoms with van der Waals surface area (Å²) in [4.78, 5) is 0. The zero-order valence-corrected chi connectivity index (χ0v) is 35.0. The van der Waals surface area contributed by atoms with Gasteiger partial charge in [0, 0.05) is 0 Å². The van der Waals surface area contributed by atoms with Crippen LogP contribution in [0.2, 0.25) is 0 Å². The van der Waals surface area contributed by atoms with Gasteiger partial charge in [0.05, 0.1) is 39.6 Å². The number of hydrogen-bond donors (Lipinski definition) is 20. The van der Waals surface area contributed by atoms with Gasteiger partial charge in [0.15, 0.2) is 37.7 Å². The van der Waals surface area contributed by atoms with Gasteiger partial charge >= 0.3 is 0 Å². The molecule has 0 aromatic carbocycles. The highest BCUT2D eigenvalue weighted by molar-refractivity contribution is 5.00. The zero-order valence-electron chi connectivity index (χ0n) is 35.0. The van der Waals surface area contributed by atoms with Gasteiger partial charge in [0.25, 0.3) is 0 Å². The third-order valence-electron chi connectivity index (χ3n) is 12.4. The molecule has 6 rings (SSSR count). The minimum absolute atomic E-state index is 0.862. The van der Waals surface area contributed by atoms with Gasteiger partial charge in [-0.25, -0.2) is 0 Å². The quantitative estimate of drug-likeness (QED) is 0.0683. The summed E-state index contributed by atoms with van der Waals surface area (Å²) >= 11 is 0. The number of rotatable bonds is 16. The Morgan fingerprint density at radius 2 is 0.433 bits per heavy atom. The van der Waals surface area contributed by atoms with Gasteiger partial charge in [0.2, 0.25) is 0 Å². The summed E-state index contributed by atoms with van der Waals surface area (Å²) < 4.78 is 60.4. The third-order valence-corrected chi connectivity index (χ3v) is 12.4. The first-order valence-corrected chi connectivity index (χ1v) is 21.1. The van der Waals surface area contributed by atoms with Crippen LogP contribution < -0.4 is 0 Å². The highest BCUT2D eigenvalue weighted by Crippen LogP contribution is 2.37. The fraction of sp³-hybridized carbons (Fsp3) is 1.00. The predicted octanol–water partition coefficient (Wildman–Crippen LogP) is -14.1. The average Bonchev–Trinajstić information content (AvgIpc) is 3.31. The predicted molar refractivity (Wildman–Crippen MR) is 199 cm³/mol. The highest BCUT2D eigenvalue weighted by atomic mass is 16.8. The standard InChI is InChI=1S/C36H62O31/c37-1-7-13(43)19(49)20(50)32(58-7)64-27-15(45)9(3-39)60-34(22(27)52)66-29-17(47)11(5-41)62-36(24(29)54)67-30-18(48)12(6-42)61-35(25(30)55)65-28-16(46)10(4-40)59-33(23(28)53)63-26-14(44)8(2-38)57-31(56)21(26)51/h7-56H,1-6H2/t7-,8-,9-,10-,11-,12-,13-,14-,15-,16-,17-,18-,19+,20+,21+,22+,23+,24+,25+,26+,27+,28+,29+,30+,31-,32+,33+,34+,35+,36+/m1/s1. The van der Waals surface area contributed by atoms with E-state index in [1.54, 1.807) is 0 Å². The van der Waals surface area contributed by atoms with Crippen molar-refractivity contribution in [3.05, 3.63) is 0 Å². The molecule has 6 fully saturated rings. The van der Waals surface area contributed by atoms with Gasteiger partial charge in [-0.15, -0.1) is 0 Å². The summed E-state index contributed by atoms with van der Waals surface area (Å²) in [5.41, 5.74) is 0. The van der Waals surface area contributed by atoms with Crippen LogP contribution in [0.15, 0.2) is 0 Å². The van der Waals surface area contributed by atoms with Crippen LogP contribution in [0, 0.1) is 0 Å². The van der Waals surface area contributed by atoms with Crippen molar-refractivity contribution in [2.24, 2.45) is 0 Å². The maximum absolute atomic E-state index is 11.5. The number of ether oxygens (including phenoxy) is 11. The fourth-order valence-corrected chi connectivity index (χ4v) is 8.49. The third kappa shape index (κ3) is 11.2. The van der Waals surface area contributed by atoms with E-state index in [-0.39, 0.29) is 0 Å². The van der Waals surface area contributed by atoms with Gasteiger partial charge in [-0.1, -0.05) is 0 Å². The van der Waals surface area contributed by atoms with Crippen molar-refractivity contribution in [2.75, 3.05) is 39.6 Å². The fourth-order valence-electron chi connectivity index (χ4n) is 8.49.